The van der Waals surface area contributed by atoms with Crippen molar-refractivity contribution in [1.82, 2.24) is 10.1 Å². The molecule has 1 N–H and O–H groups in total. The molecule has 0 amide bonds. The first-order valence-electron chi connectivity index (χ1n) is 4.66. The smallest absolute Gasteiger partial charge is 0.195 e. The highest BCUT2D eigenvalue weighted by Gasteiger charge is 2.10. The zero-order valence-corrected chi connectivity index (χ0v) is 8.30. The van der Waals surface area contributed by atoms with Crippen molar-refractivity contribution >= 4 is 5.83 Å². The molecule has 0 radical (unpaired) electrons. The first-order valence-corrected chi connectivity index (χ1v) is 4.66. The summed E-state index contributed by atoms with van der Waals surface area (Å²) in [6, 6.07) is 6.76. The highest BCUT2D eigenvalue weighted by atomic mass is 19.1. The Morgan fingerprint density at radius 3 is 3.00 bits per heavy atom. The highest BCUT2D eigenvalue weighted by molar-refractivity contribution is 5.61. The van der Waals surface area contributed by atoms with Crippen LogP contribution in [-0.4, -0.2) is 21.9 Å². The molecular formula is C11H9FN2O2. The van der Waals surface area contributed by atoms with Crippen LogP contribution in [0.1, 0.15) is 5.76 Å². The maximum absolute atomic E-state index is 13.2. The van der Waals surface area contributed by atoms with E-state index in [1.807, 2.05) is 0 Å². The van der Waals surface area contributed by atoms with Crippen LogP contribution < -0.4 is 0 Å². The van der Waals surface area contributed by atoms with E-state index in [0.717, 1.165) is 6.08 Å². The summed E-state index contributed by atoms with van der Waals surface area (Å²) in [5.41, 5.74) is 1.06. The summed E-state index contributed by atoms with van der Waals surface area (Å²) in [6.45, 7) is -0.383. The van der Waals surface area contributed by atoms with Crippen molar-refractivity contribution in [3.8, 4) is 11.4 Å². The first kappa shape index (κ1) is 10.5. The number of halogens is 1. The van der Waals surface area contributed by atoms with Crippen molar-refractivity contribution < 1.29 is 14.0 Å². The second-order valence-electron chi connectivity index (χ2n) is 3.03. The largest absolute Gasteiger partial charge is 0.392 e. The number of aliphatic hydroxyl groups excluding tert-OH is 1. The summed E-state index contributed by atoms with van der Waals surface area (Å²) < 4.78 is 18.0. The van der Waals surface area contributed by atoms with Crippen LogP contribution >= 0.6 is 0 Å². The van der Waals surface area contributed by atoms with Crippen LogP contribution in [0.5, 0.6) is 0 Å². The molecule has 2 rings (SSSR count). The number of hydrogen-bond donors (Lipinski definition) is 1. The lowest BCUT2D eigenvalue weighted by Crippen LogP contribution is -1.80. The van der Waals surface area contributed by atoms with Crippen LogP contribution in [0.3, 0.4) is 0 Å². The lowest BCUT2D eigenvalue weighted by molar-refractivity contribution is 0.340. The van der Waals surface area contributed by atoms with Gasteiger partial charge in [-0.15, -0.1) is 0 Å². The van der Waals surface area contributed by atoms with Gasteiger partial charge in [0.25, 0.3) is 0 Å². The van der Waals surface area contributed by atoms with Crippen molar-refractivity contribution in [2.75, 3.05) is 6.61 Å². The van der Waals surface area contributed by atoms with Gasteiger partial charge in [0.2, 0.25) is 0 Å². The van der Waals surface area contributed by atoms with Gasteiger partial charge < -0.3 is 9.63 Å². The Hall–Kier alpha value is -2.01. The third kappa shape index (κ3) is 2.14. The summed E-state index contributed by atoms with van der Waals surface area (Å²) in [5, 5.41) is 12.2. The van der Waals surface area contributed by atoms with Gasteiger partial charge in [-0.25, -0.2) is 4.39 Å². The van der Waals surface area contributed by atoms with Crippen molar-refractivity contribution in [3.05, 3.63) is 42.3 Å². The molecule has 5 heteroatoms. The number of aliphatic hydroxyl groups is 1. The maximum Gasteiger partial charge on any atom is 0.195 e. The fourth-order valence-corrected chi connectivity index (χ4v) is 1.20. The van der Waals surface area contributed by atoms with Crippen molar-refractivity contribution in [3.63, 3.8) is 0 Å². The van der Waals surface area contributed by atoms with Gasteiger partial charge in [0, 0.05) is 12.3 Å². The molecule has 2 aromatic rings. The van der Waals surface area contributed by atoms with Crippen LogP contribution in [-0.2, 0) is 0 Å². The van der Waals surface area contributed by atoms with Gasteiger partial charge >= 0.3 is 0 Å². The topological polar surface area (TPSA) is 59.2 Å². The van der Waals surface area contributed by atoms with E-state index < -0.39 is 5.83 Å². The Balaban J connectivity index is 2.30. The summed E-state index contributed by atoms with van der Waals surface area (Å²) in [4.78, 5) is 4.05. The average Bonchev–Trinajstić information content (AvgIpc) is 2.80. The molecule has 2 aromatic heterocycles. The van der Waals surface area contributed by atoms with Gasteiger partial charge in [-0.2, -0.15) is 0 Å². The quantitative estimate of drug-likeness (QED) is 0.859. The van der Waals surface area contributed by atoms with Crippen LogP contribution in [0, 0.1) is 0 Å². The normalized spacial score (nSPS) is 11.8. The Morgan fingerprint density at radius 1 is 1.44 bits per heavy atom. The molecule has 0 unspecified atom stereocenters. The highest BCUT2D eigenvalue weighted by Crippen LogP contribution is 2.21. The summed E-state index contributed by atoms with van der Waals surface area (Å²) in [7, 11) is 0. The minimum Gasteiger partial charge on any atom is -0.392 e. The van der Waals surface area contributed by atoms with Crippen LogP contribution in [0.4, 0.5) is 4.39 Å². The molecular weight excluding hydrogens is 211 g/mol. The number of nitrogens with zero attached hydrogens (tertiary/aromatic N) is 2. The summed E-state index contributed by atoms with van der Waals surface area (Å²) in [5.74, 6) is -0.660. The van der Waals surface area contributed by atoms with E-state index in [0.29, 0.717) is 11.4 Å². The predicted octanol–water partition coefficient (Wildman–Crippen LogP) is 2.04. The number of aromatic nitrogens is 2. The van der Waals surface area contributed by atoms with E-state index in [1.54, 1.807) is 24.4 Å². The fourth-order valence-electron chi connectivity index (χ4n) is 1.20. The summed E-state index contributed by atoms with van der Waals surface area (Å²) >= 11 is 0. The fraction of sp³-hybridized carbons (Fsp3) is 0.0909. The lowest BCUT2D eigenvalue weighted by atomic mass is 10.2. The van der Waals surface area contributed by atoms with Gasteiger partial charge in [0.05, 0.1) is 12.3 Å². The van der Waals surface area contributed by atoms with E-state index in [4.69, 9.17) is 9.63 Å². The van der Waals surface area contributed by atoms with E-state index in [2.05, 4.69) is 10.1 Å². The SMILES string of the molecule is OC/C=C(/F)c1cc(-c2ccccn2)no1. The molecule has 4 nitrogen and oxygen atoms in total. The van der Waals surface area contributed by atoms with E-state index >= 15 is 0 Å². The minimum atomic E-state index is -0.641. The van der Waals surface area contributed by atoms with E-state index in [-0.39, 0.29) is 12.4 Å². The monoisotopic (exact) mass is 220 g/mol. The minimum absolute atomic E-state index is 0.0188. The van der Waals surface area contributed by atoms with Gasteiger partial charge in [0.15, 0.2) is 11.6 Å². The Kier molecular flexibility index (Phi) is 3.07. The Bertz CT molecular complexity index is 494. The van der Waals surface area contributed by atoms with Crippen molar-refractivity contribution in [2.45, 2.75) is 0 Å². The molecule has 0 aliphatic rings. The molecule has 0 fully saturated rings. The summed E-state index contributed by atoms with van der Waals surface area (Å²) in [6.07, 6.45) is 2.62. The van der Waals surface area contributed by atoms with Gasteiger partial charge in [0.1, 0.15) is 5.69 Å². The van der Waals surface area contributed by atoms with Gasteiger partial charge in [-0.05, 0) is 18.2 Å². The molecule has 82 valence electrons. The maximum atomic E-state index is 13.2. The van der Waals surface area contributed by atoms with Crippen LogP contribution in [0.15, 0.2) is 41.1 Å². The van der Waals surface area contributed by atoms with Crippen LogP contribution in [0.2, 0.25) is 0 Å². The van der Waals surface area contributed by atoms with Crippen LogP contribution in [0.25, 0.3) is 17.2 Å². The molecule has 0 aromatic carbocycles. The molecule has 0 spiro atoms. The van der Waals surface area contributed by atoms with Gasteiger partial charge in [-0.3, -0.25) is 4.98 Å². The van der Waals surface area contributed by atoms with Crippen molar-refractivity contribution in [1.29, 1.82) is 0 Å². The molecule has 2 heterocycles. The second-order valence-corrected chi connectivity index (χ2v) is 3.03. The average molecular weight is 220 g/mol. The predicted molar refractivity (Wildman–Crippen MR) is 55.9 cm³/mol. The molecule has 0 saturated carbocycles. The number of pyridine rings is 1. The molecule has 0 atom stereocenters. The number of hydrogen-bond acceptors (Lipinski definition) is 4. The Labute approximate surface area is 91.0 Å². The third-order valence-electron chi connectivity index (χ3n) is 1.94. The lowest BCUT2D eigenvalue weighted by Gasteiger charge is -1.90. The molecule has 0 bridgehead atoms. The third-order valence-corrected chi connectivity index (χ3v) is 1.94. The standard InChI is InChI=1S/C11H9FN2O2/c12-8(4-6-15)11-7-10(14-16-11)9-3-1-2-5-13-9/h1-5,7,15H,6H2/b8-4+. The molecule has 0 aliphatic heterocycles. The zero-order chi connectivity index (χ0) is 11.4. The van der Waals surface area contributed by atoms with E-state index in [1.165, 1.54) is 6.07 Å². The Morgan fingerprint density at radius 2 is 2.31 bits per heavy atom. The van der Waals surface area contributed by atoms with Crippen molar-refractivity contribution in [2.24, 2.45) is 0 Å². The first-order chi connectivity index (χ1) is 7.81. The number of rotatable bonds is 3. The zero-order valence-electron chi connectivity index (χ0n) is 8.30. The molecule has 0 saturated heterocycles. The molecule has 16 heavy (non-hydrogen) atoms. The second kappa shape index (κ2) is 4.67. The van der Waals surface area contributed by atoms with Gasteiger partial charge in [-0.1, -0.05) is 11.2 Å². The molecule has 0 aliphatic carbocycles. The van der Waals surface area contributed by atoms with E-state index in [9.17, 15) is 4.39 Å².